The fraction of sp³-hybridized carbons (Fsp3) is 0.385. The van der Waals surface area contributed by atoms with Crippen LogP contribution < -0.4 is 11.1 Å². The van der Waals surface area contributed by atoms with Crippen molar-refractivity contribution in [2.24, 2.45) is 11.7 Å². The van der Waals surface area contributed by atoms with Gasteiger partial charge in [-0.25, -0.2) is 0 Å². The fourth-order valence-electron chi connectivity index (χ4n) is 1.47. The van der Waals surface area contributed by atoms with Gasteiger partial charge in [0.1, 0.15) is 0 Å². The standard InChI is InChI=1S/C13H15F3N2O2/c1-7(11(17)19)8(2)18-12(20)9-3-5-10(6-4-9)13(14,15)16/h3-8H,1-2H3,(H2,17,19)(H,18,20). The van der Waals surface area contributed by atoms with Gasteiger partial charge in [-0.2, -0.15) is 13.2 Å². The Morgan fingerprint density at radius 1 is 1.15 bits per heavy atom. The molecule has 0 aliphatic carbocycles. The molecular weight excluding hydrogens is 273 g/mol. The molecule has 110 valence electrons. The molecule has 1 aromatic rings. The third kappa shape index (κ3) is 3.97. The number of halogens is 3. The smallest absolute Gasteiger partial charge is 0.369 e. The lowest BCUT2D eigenvalue weighted by molar-refractivity contribution is -0.137. The lowest BCUT2D eigenvalue weighted by Gasteiger charge is -2.18. The number of amides is 2. The Labute approximate surface area is 114 Å². The number of carbonyl (C=O) groups is 2. The number of primary amides is 1. The van der Waals surface area contributed by atoms with Crippen molar-refractivity contribution in [3.8, 4) is 0 Å². The SMILES string of the molecule is CC(NC(=O)c1ccc(C(F)(F)F)cc1)C(C)C(N)=O. The van der Waals surface area contributed by atoms with Crippen molar-refractivity contribution in [2.45, 2.75) is 26.1 Å². The summed E-state index contributed by atoms with van der Waals surface area (Å²) in [4.78, 5) is 22.8. The van der Waals surface area contributed by atoms with E-state index in [4.69, 9.17) is 5.73 Å². The van der Waals surface area contributed by atoms with Crippen molar-refractivity contribution in [1.29, 1.82) is 0 Å². The molecule has 2 unspecified atom stereocenters. The van der Waals surface area contributed by atoms with E-state index in [1.165, 1.54) is 0 Å². The van der Waals surface area contributed by atoms with Crippen LogP contribution in [0.1, 0.15) is 29.8 Å². The monoisotopic (exact) mass is 288 g/mol. The third-order valence-electron chi connectivity index (χ3n) is 3.03. The Kier molecular flexibility index (Phi) is 4.75. The largest absolute Gasteiger partial charge is 0.416 e. The van der Waals surface area contributed by atoms with Crippen LogP contribution in [0.25, 0.3) is 0 Å². The molecule has 7 heteroatoms. The fourth-order valence-corrected chi connectivity index (χ4v) is 1.47. The second-order valence-electron chi connectivity index (χ2n) is 4.53. The predicted octanol–water partition coefficient (Wildman–Crippen LogP) is 1.95. The molecule has 4 nitrogen and oxygen atoms in total. The number of alkyl halides is 3. The van der Waals surface area contributed by atoms with Crippen LogP contribution in [-0.2, 0) is 11.0 Å². The first kappa shape index (κ1) is 16.0. The van der Waals surface area contributed by atoms with Crippen molar-refractivity contribution >= 4 is 11.8 Å². The summed E-state index contributed by atoms with van der Waals surface area (Å²) in [5.74, 6) is -1.70. The minimum atomic E-state index is -4.44. The van der Waals surface area contributed by atoms with Gasteiger partial charge in [-0.05, 0) is 31.2 Å². The van der Waals surface area contributed by atoms with Crippen molar-refractivity contribution in [1.82, 2.24) is 5.32 Å². The van der Waals surface area contributed by atoms with E-state index in [0.29, 0.717) is 0 Å². The zero-order chi connectivity index (χ0) is 15.5. The Morgan fingerprint density at radius 3 is 2.05 bits per heavy atom. The van der Waals surface area contributed by atoms with Crippen molar-refractivity contribution in [3.05, 3.63) is 35.4 Å². The maximum Gasteiger partial charge on any atom is 0.416 e. The van der Waals surface area contributed by atoms with Gasteiger partial charge < -0.3 is 11.1 Å². The first-order chi connectivity index (χ1) is 9.12. The van der Waals surface area contributed by atoms with Crippen molar-refractivity contribution < 1.29 is 22.8 Å². The quantitative estimate of drug-likeness (QED) is 0.888. The molecule has 0 aliphatic rings. The van der Waals surface area contributed by atoms with Gasteiger partial charge in [0.15, 0.2) is 0 Å². The molecule has 2 atom stereocenters. The maximum absolute atomic E-state index is 12.4. The van der Waals surface area contributed by atoms with Gasteiger partial charge in [-0.3, -0.25) is 9.59 Å². The van der Waals surface area contributed by atoms with Crippen LogP contribution in [0, 0.1) is 5.92 Å². The van der Waals surface area contributed by atoms with Crippen LogP contribution in [0.2, 0.25) is 0 Å². The highest BCUT2D eigenvalue weighted by Gasteiger charge is 2.30. The molecule has 0 aliphatic heterocycles. The van der Waals surface area contributed by atoms with Crippen molar-refractivity contribution in [3.63, 3.8) is 0 Å². The number of hydrogen-bond acceptors (Lipinski definition) is 2. The minimum absolute atomic E-state index is 0.0847. The molecule has 0 bridgehead atoms. The maximum atomic E-state index is 12.4. The van der Waals surface area contributed by atoms with Gasteiger partial charge in [0.25, 0.3) is 5.91 Å². The summed E-state index contributed by atoms with van der Waals surface area (Å²) in [6.45, 7) is 3.15. The van der Waals surface area contributed by atoms with Crippen molar-refractivity contribution in [2.75, 3.05) is 0 Å². The molecule has 0 radical (unpaired) electrons. The van der Waals surface area contributed by atoms with E-state index >= 15 is 0 Å². The van der Waals surface area contributed by atoms with E-state index in [1.807, 2.05) is 0 Å². The average Bonchev–Trinajstić information content (AvgIpc) is 2.36. The Hall–Kier alpha value is -2.05. The molecule has 1 rings (SSSR count). The molecular formula is C13H15F3N2O2. The molecule has 20 heavy (non-hydrogen) atoms. The Balaban J connectivity index is 2.76. The molecule has 3 N–H and O–H groups in total. The summed E-state index contributed by atoms with van der Waals surface area (Å²) >= 11 is 0. The lowest BCUT2D eigenvalue weighted by Crippen LogP contribution is -2.42. The van der Waals surface area contributed by atoms with Crippen LogP contribution in [0.15, 0.2) is 24.3 Å². The highest BCUT2D eigenvalue weighted by Crippen LogP contribution is 2.29. The lowest BCUT2D eigenvalue weighted by atomic mass is 10.0. The van der Waals surface area contributed by atoms with Crippen LogP contribution in [-0.4, -0.2) is 17.9 Å². The number of rotatable bonds is 4. The van der Waals surface area contributed by atoms with Crippen LogP contribution in [0.5, 0.6) is 0 Å². The zero-order valence-corrected chi connectivity index (χ0v) is 11.0. The summed E-state index contributed by atoms with van der Waals surface area (Å²) in [5.41, 5.74) is 4.36. The normalized spacial score (nSPS) is 14.4. The summed E-state index contributed by atoms with van der Waals surface area (Å²) in [6.07, 6.45) is -4.44. The number of carbonyl (C=O) groups excluding carboxylic acids is 2. The van der Waals surface area contributed by atoms with E-state index in [9.17, 15) is 22.8 Å². The molecule has 0 heterocycles. The minimum Gasteiger partial charge on any atom is -0.369 e. The summed E-state index contributed by atoms with van der Waals surface area (Å²) in [7, 11) is 0. The highest BCUT2D eigenvalue weighted by molar-refractivity contribution is 5.94. The van der Waals surface area contributed by atoms with Crippen LogP contribution in [0.4, 0.5) is 13.2 Å². The summed E-state index contributed by atoms with van der Waals surface area (Å²) < 4.78 is 37.1. The first-order valence-corrected chi connectivity index (χ1v) is 5.90. The number of hydrogen-bond donors (Lipinski definition) is 2. The zero-order valence-electron chi connectivity index (χ0n) is 11.0. The van der Waals surface area contributed by atoms with Gasteiger partial charge in [0.05, 0.1) is 11.5 Å². The number of benzene rings is 1. The van der Waals surface area contributed by atoms with Gasteiger partial charge in [-0.15, -0.1) is 0 Å². The topological polar surface area (TPSA) is 72.2 Å². The number of nitrogens with one attached hydrogen (secondary N) is 1. The first-order valence-electron chi connectivity index (χ1n) is 5.90. The van der Waals surface area contributed by atoms with E-state index in [2.05, 4.69) is 5.32 Å². The van der Waals surface area contributed by atoms with Gasteiger partial charge in [-0.1, -0.05) is 6.92 Å². The Bertz CT molecular complexity index is 497. The van der Waals surface area contributed by atoms with E-state index in [0.717, 1.165) is 24.3 Å². The van der Waals surface area contributed by atoms with E-state index < -0.39 is 35.5 Å². The Morgan fingerprint density at radius 2 is 1.65 bits per heavy atom. The molecule has 0 fully saturated rings. The summed E-state index contributed by atoms with van der Waals surface area (Å²) in [6, 6.07) is 3.32. The van der Waals surface area contributed by atoms with E-state index in [1.54, 1.807) is 13.8 Å². The second-order valence-corrected chi connectivity index (χ2v) is 4.53. The van der Waals surface area contributed by atoms with Crippen LogP contribution >= 0.6 is 0 Å². The molecule has 0 aromatic heterocycles. The molecule has 1 aromatic carbocycles. The third-order valence-corrected chi connectivity index (χ3v) is 3.03. The highest BCUT2D eigenvalue weighted by atomic mass is 19.4. The second kappa shape index (κ2) is 5.94. The van der Waals surface area contributed by atoms with Gasteiger partial charge in [0.2, 0.25) is 5.91 Å². The predicted molar refractivity (Wildman–Crippen MR) is 66.7 cm³/mol. The molecule has 2 amide bonds. The van der Waals surface area contributed by atoms with Crippen LogP contribution in [0.3, 0.4) is 0 Å². The van der Waals surface area contributed by atoms with Gasteiger partial charge >= 0.3 is 6.18 Å². The number of nitrogens with two attached hydrogens (primary N) is 1. The van der Waals surface area contributed by atoms with E-state index in [-0.39, 0.29) is 5.56 Å². The van der Waals surface area contributed by atoms with Gasteiger partial charge in [0, 0.05) is 11.6 Å². The molecule has 0 saturated heterocycles. The summed E-state index contributed by atoms with van der Waals surface area (Å²) in [5, 5.41) is 2.51. The molecule has 0 spiro atoms. The average molecular weight is 288 g/mol. The molecule has 0 saturated carbocycles.